The summed E-state index contributed by atoms with van der Waals surface area (Å²) in [5.74, 6) is -1.22. The van der Waals surface area contributed by atoms with Crippen LogP contribution in [0.3, 0.4) is 0 Å². The topological polar surface area (TPSA) is 60.4 Å². The standard InChI is InChI=1S/C17H13FO4S/c1-23(20,21)12-7-8-13(15(18)9-12)14-10-22-17(19)16(14)11-5-3-2-4-6-11/h2-9H,10H2,1H3. The number of cyclic esters (lactones) is 1. The first-order valence-corrected chi connectivity index (χ1v) is 8.73. The van der Waals surface area contributed by atoms with E-state index in [2.05, 4.69) is 0 Å². The molecule has 118 valence electrons. The minimum atomic E-state index is -3.50. The Labute approximate surface area is 133 Å². The molecule has 0 aromatic heterocycles. The fourth-order valence-electron chi connectivity index (χ4n) is 2.49. The van der Waals surface area contributed by atoms with Crippen molar-refractivity contribution in [2.45, 2.75) is 4.90 Å². The molecule has 0 N–H and O–H groups in total. The Balaban J connectivity index is 2.17. The van der Waals surface area contributed by atoms with Gasteiger partial charge in [0.05, 0.1) is 10.5 Å². The van der Waals surface area contributed by atoms with Crippen LogP contribution in [0.4, 0.5) is 4.39 Å². The molecule has 23 heavy (non-hydrogen) atoms. The van der Waals surface area contributed by atoms with Crippen molar-refractivity contribution < 1.29 is 22.3 Å². The summed E-state index contributed by atoms with van der Waals surface area (Å²) in [5.41, 5.74) is 1.52. The minimum absolute atomic E-state index is 0.0434. The molecule has 0 unspecified atom stereocenters. The molecule has 1 aliphatic heterocycles. The van der Waals surface area contributed by atoms with Crippen LogP contribution in [-0.2, 0) is 19.4 Å². The molecular formula is C17H13FO4S. The number of rotatable bonds is 3. The number of carbonyl (C=O) groups is 1. The normalized spacial score (nSPS) is 15.0. The monoisotopic (exact) mass is 332 g/mol. The van der Waals surface area contributed by atoms with Gasteiger partial charge in [-0.1, -0.05) is 36.4 Å². The van der Waals surface area contributed by atoms with Crippen molar-refractivity contribution in [3.05, 3.63) is 65.5 Å². The van der Waals surface area contributed by atoms with E-state index in [1.165, 1.54) is 12.1 Å². The summed E-state index contributed by atoms with van der Waals surface area (Å²) in [6.45, 7) is -0.0434. The Morgan fingerprint density at radius 3 is 2.39 bits per heavy atom. The highest BCUT2D eigenvalue weighted by Crippen LogP contribution is 2.34. The number of halogens is 1. The highest BCUT2D eigenvalue weighted by atomic mass is 32.2. The van der Waals surface area contributed by atoms with E-state index in [9.17, 15) is 17.6 Å². The zero-order valence-corrected chi connectivity index (χ0v) is 13.1. The van der Waals surface area contributed by atoms with E-state index in [0.29, 0.717) is 16.7 Å². The van der Waals surface area contributed by atoms with Crippen molar-refractivity contribution in [2.24, 2.45) is 0 Å². The summed E-state index contributed by atoms with van der Waals surface area (Å²) in [6.07, 6.45) is 1.01. The third kappa shape index (κ3) is 2.90. The predicted molar refractivity (Wildman–Crippen MR) is 83.7 cm³/mol. The fraction of sp³-hybridized carbons (Fsp3) is 0.118. The first-order valence-electron chi connectivity index (χ1n) is 6.83. The Bertz CT molecular complexity index is 915. The second kappa shape index (κ2) is 5.62. The Hall–Kier alpha value is -2.47. The van der Waals surface area contributed by atoms with E-state index >= 15 is 0 Å². The van der Waals surface area contributed by atoms with Crippen molar-refractivity contribution >= 4 is 27.0 Å². The van der Waals surface area contributed by atoms with Gasteiger partial charge < -0.3 is 4.74 Å². The molecule has 2 aromatic carbocycles. The van der Waals surface area contributed by atoms with Crippen LogP contribution in [0.2, 0.25) is 0 Å². The lowest BCUT2D eigenvalue weighted by molar-refractivity contribution is -0.133. The van der Waals surface area contributed by atoms with Crippen LogP contribution in [0.25, 0.3) is 11.1 Å². The van der Waals surface area contributed by atoms with Crippen LogP contribution >= 0.6 is 0 Å². The molecule has 1 aliphatic rings. The van der Waals surface area contributed by atoms with Gasteiger partial charge in [-0.3, -0.25) is 0 Å². The lowest BCUT2D eigenvalue weighted by Crippen LogP contribution is -2.01. The number of esters is 1. The number of ether oxygens (including phenoxy) is 1. The zero-order chi connectivity index (χ0) is 16.6. The summed E-state index contributed by atoms with van der Waals surface area (Å²) in [4.78, 5) is 11.9. The average Bonchev–Trinajstić information content (AvgIpc) is 2.88. The second-order valence-corrected chi connectivity index (χ2v) is 7.23. The predicted octanol–water partition coefficient (Wildman–Crippen LogP) is 2.70. The van der Waals surface area contributed by atoms with E-state index in [1.54, 1.807) is 24.3 Å². The highest BCUT2D eigenvalue weighted by molar-refractivity contribution is 7.90. The van der Waals surface area contributed by atoms with Gasteiger partial charge in [-0.2, -0.15) is 0 Å². The fourth-order valence-corrected chi connectivity index (χ4v) is 3.12. The number of hydrogen-bond acceptors (Lipinski definition) is 4. The van der Waals surface area contributed by atoms with Crippen molar-refractivity contribution in [1.82, 2.24) is 0 Å². The number of hydrogen-bond donors (Lipinski definition) is 0. The summed E-state index contributed by atoms with van der Waals surface area (Å²) in [7, 11) is -3.50. The average molecular weight is 332 g/mol. The smallest absolute Gasteiger partial charge is 0.339 e. The molecule has 0 aliphatic carbocycles. The molecule has 4 nitrogen and oxygen atoms in total. The van der Waals surface area contributed by atoms with Gasteiger partial charge in [0.25, 0.3) is 0 Å². The van der Waals surface area contributed by atoms with Crippen molar-refractivity contribution in [1.29, 1.82) is 0 Å². The zero-order valence-electron chi connectivity index (χ0n) is 12.2. The lowest BCUT2D eigenvalue weighted by atomic mass is 9.96. The third-order valence-electron chi connectivity index (χ3n) is 3.61. The summed E-state index contributed by atoms with van der Waals surface area (Å²) < 4.78 is 42.4. The maximum atomic E-state index is 14.4. The molecule has 0 fully saturated rings. The summed E-state index contributed by atoms with van der Waals surface area (Å²) in [6, 6.07) is 12.5. The Kier molecular flexibility index (Phi) is 3.77. The van der Waals surface area contributed by atoms with Gasteiger partial charge in [0, 0.05) is 17.4 Å². The molecule has 0 radical (unpaired) electrons. The van der Waals surface area contributed by atoms with E-state index in [0.717, 1.165) is 12.3 Å². The molecule has 0 bridgehead atoms. The molecule has 1 heterocycles. The van der Waals surface area contributed by atoms with Gasteiger partial charge in [0.15, 0.2) is 9.84 Å². The minimum Gasteiger partial charge on any atom is -0.457 e. The lowest BCUT2D eigenvalue weighted by Gasteiger charge is -2.07. The van der Waals surface area contributed by atoms with E-state index in [4.69, 9.17) is 4.74 Å². The molecule has 0 saturated carbocycles. The van der Waals surface area contributed by atoms with E-state index in [-0.39, 0.29) is 17.1 Å². The van der Waals surface area contributed by atoms with E-state index < -0.39 is 21.6 Å². The second-order valence-electron chi connectivity index (χ2n) is 5.21. The van der Waals surface area contributed by atoms with Crippen LogP contribution < -0.4 is 0 Å². The highest BCUT2D eigenvalue weighted by Gasteiger charge is 2.28. The summed E-state index contributed by atoms with van der Waals surface area (Å²) in [5, 5.41) is 0. The van der Waals surface area contributed by atoms with E-state index in [1.807, 2.05) is 6.07 Å². The Morgan fingerprint density at radius 2 is 1.78 bits per heavy atom. The molecule has 3 rings (SSSR count). The number of benzene rings is 2. The number of carbonyl (C=O) groups excluding carboxylic acids is 1. The molecular weight excluding hydrogens is 319 g/mol. The first kappa shape index (κ1) is 15.4. The largest absolute Gasteiger partial charge is 0.457 e. The molecule has 0 saturated heterocycles. The van der Waals surface area contributed by atoms with Gasteiger partial charge >= 0.3 is 5.97 Å². The van der Waals surface area contributed by atoms with Gasteiger partial charge in [0.1, 0.15) is 12.4 Å². The molecule has 2 aromatic rings. The van der Waals surface area contributed by atoms with Crippen LogP contribution in [0.1, 0.15) is 11.1 Å². The molecule has 0 amide bonds. The van der Waals surface area contributed by atoms with Crippen LogP contribution in [0.5, 0.6) is 0 Å². The maximum Gasteiger partial charge on any atom is 0.339 e. The quantitative estimate of drug-likeness (QED) is 0.811. The molecule has 0 atom stereocenters. The molecule has 0 spiro atoms. The Morgan fingerprint density at radius 1 is 1.09 bits per heavy atom. The van der Waals surface area contributed by atoms with Gasteiger partial charge in [0.2, 0.25) is 0 Å². The number of sulfone groups is 1. The van der Waals surface area contributed by atoms with Gasteiger partial charge in [-0.25, -0.2) is 17.6 Å². The molecule has 6 heteroatoms. The van der Waals surface area contributed by atoms with Crippen molar-refractivity contribution in [3.63, 3.8) is 0 Å². The summed E-state index contributed by atoms with van der Waals surface area (Å²) >= 11 is 0. The SMILES string of the molecule is CS(=O)(=O)c1ccc(C2=C(c3ccccc3)C(=O)OC2)c(F)c1. The first-order chi connectivity index (χ1) is 10.9. The van der Waals surface area contributed by atoms with Crippen molar-refractivity contribution in [3.8, 4) is 0 Å². The van der Waals surface area contributed by atoms with Crippen LogP contribution in [0, 0.1) is 5.82 Å². The van der Waals surface area contributed by atoms with Crippen molar-refractivity contribution in [2.75, 3.05) is 12.9 Å². The van der Waals surface area contributed by atoms with Crippen LogP contribution in [-0.4, -0.2) is 27.2 Å². The van der Waals surface area contributed by atoms with Gasteiger partial charge in [-0.15, -0.1) is 0 Å². The third-order valence-corrected chi connectivity index (χ3v) is 4.72. The maximum absolute atomic E-state index is 14.4. The van der Waals surface area contributed by atoms with Crippen LogP contribution in [0.15, 0.2) is 53.4 Å². The van der Waals surface area contributed by atoms with Gasteiger partial charge in [-0.05, 0) is 17.7 Å².